The van der Waals surface area contributed by atoms with Crippen LogP contribution in [0.3, 0.4) is 0 Å². The Morgan fingerprint density at radius 3 is 2.65 bits per heavy atom. The second-order valence-electron chi connectivity index (χ2n) is 5.86. The number of hydrogen-bond donors (Lipinski definition) is 3. The second-order valence-corrected chi connectivity index (χ2v) is 5.86. The number of likely N-dealkylation sites (tertiary alicyclic amines) is 1. The third-order valence-corrected chi connectivity index (χ3v) is 3.81. The summed E-state index contributed by atoms with van der Waals surface area (Å²) in [6, 6.07) is 0.134. The van der Waals surface area contributed by atoms with E-state index in [2.05, 4.69) is 22.1 Å². The van der Waals surface area contributed by atoms with Crippen LogP contribution >= 0.6 is 0 Å². The predicted molar refractivity (Wildman–Crippen MR) is 81.7 cm³/mol. The van der Waals surface area contributed by atoms with Crippen molar-refractivity contribution in [2.75, 3.05) is 26.2 Å². The molecular formula is C15H29N3O2. The molecule has 0 aromatic rings. The number of carbonyl (C=O) groups is 1. The lowest BCUT2D eigenvalue weighted by Gasteiger charge is -2.31. The van der Waals surface area contributed by atoms with Gasteiger partial charge in [0.25, 0.3) is 0 Å². The molecule has 0 aliphatic carbocycles. The van der Waals surface area contributed by atoms with Gasteiger partial charge in [0.05, 0.1) is 6.10 Å². The van der Waals surface area contributed by atoms with Crippen molar-refractivity contribution in [3.63, 3.8) is 0 Å². The first-order chi connectivity index (χ1) is 9.52. The average molecular weight is 283 g/mol. The van der Waals surface area contributed by atoms with Crippen molar-refractivity contribution in [2.24, 2.45) is 5.92 Å². The van der Waals surface area contributed by atoms with Crippen LogP contribution < -0.4 is 10.6 Å². The normalized spacial score (nSPS) is 18.8. The lowest BCUT2D eigenvalue weighted by molar-refractivity contribution is 0.116. The fourth-order valence-electron chi connectivity index (χ4n) is 2.35. The number of rotatable bonds is 7. The lowest BCUT2D eigenvalue weighted by Crippen LogP contribution is -2.48. The molecule has 0 aromatic carbocycles. The maximum atomic E-state index is 11.7. The van der Waals surface area contributed by atoms with E-state index in [0.29, 0.717) is 13.0 Å². The van der Waals surface area contributed by atoms with Gasteiger partial charge in [0.1, 0.15) is 0 Å². The minimum absolute atomic E-state index is 0.122. The van der Waals surface area contributed by atoms with Gasteiger partial charge in [-0.05, 0) is 25.2 Å². The first kappa shape index (κ1) is 17.0. The van der Waals surface area contributed by atoms with Crippen molar-refractivity contribution in [2.45, 2.75) is 45.3 Å². The van der Waals surface area contributed by atoms with Gasteiger partial charge in [-0.25, -0.2) is 4.79 Å². The molecule has 0 spiro atoms. The number of nitrogens with zero attached hydrogens (tertiary/aromatic N) is 1. The van der Waals surface area contributed by atoms with Crippen LogP contribution in [0.15, 0.2) is 12.7 Å². The zero-order valence-corrected chi connectivity index (χ0v) is 12.8. The molecule has 5 heteroatoms. The molecule has 0 bridgehead atoms. The average Bonchev–Trinajstić information content (AvgIpc) is 2.41. The topological polar surface area (TPSA) is 64.6 Å². The van der Waals surface area contributed by atoms with E-state index in [1.165, 1.54) is 0 Å². The molecule has 1 heterocycles. The molecule has 2 amide bonds. The molecule has 5 nitrogen and oxygen atoms in total. The predicted octanol–water partition coefficient (Wildman–Crippen LogP) is 1.34. The molecule has 0 aromatic heterocycles. The fraction of sp³-hybridized carbons (Fsp3) is 0.800. The standard InChI is InChI=1S/C15H29N3O2/c1-4-9-18-10-6-13(7-11-18)17-15(20)16-8-5-14(19)12(2)3/h4,12-14,19H,1,5-11H2,2-3H3,(H2,16,17,20). The maximum Gasteiger partial charge on any atom is 0.315 e. The number of hydrogen-bond acceptors (Lipinski definition) is 3. The Kier molecular flexibility index (Phi) is 7.62. The quantitative estimate of drug-likeness (QED) is 0.618. The van der Waals surface area contributed by atoms with Crippen LogP contribution in [0.4, 0.5) is 4.79 Å². The van der Waals surface area contributed by atoms with Gasteiger partial charge >= 0.3 is 6.03 Å². The van der Waals surface area contributed by atoms with Gasteiger partial charge in [-0.3, -0.25) is 4.90 Å². The van der Waals surface area contributed by atoms with Gasteiger partial charge in [-0.2, -0.15) is 0 Å². The van der Waals surface area contributed by atoms with Crippen molar-refractivity contribution in [1.29, 1.82) is 0 Å². The number of amides is 2. The number of urea groups is 1. The smallest absolute Gasteiger partial charge is 0.315 e. The summed E-state index contributed by atoms with van der Waals surface area (Å²) in [7, 11) is 0. The Hall–Kier alpha value is -1.07. The fourth-order valence-corrected chi connectivity index (χ4v) is 2.35. The third kappa shape index (κ3) is 6.39. The maximum absolute atomic E-state index is 11.7. The van der Waals surface area contributed by atoms with E-state index in [4.69, 9.17) is 0 Å². The summed E-state index contributed by atoms with van der Waals surface area (Å²) in [5, 5.41) is 15.5. The Balaban J connectivity index is 2.12. The van der Waals surface area contributed by atoms with E-state index in [1.807, 2.05) is 19.9 Å². The Morgan fingerprint density at radius 1 is 1.45 bits per heavy atom. The molecule has 1 aliphatic heterocycles. The van der Waals surface area contributed by atoms with Crippen LogP contribution in [-0.2, 0) is 0 Å². The highest BCUT2D eigenvalue weighted by Gasteiger charge is 2.19. The van der Waals surface area contributed by atoms with Gasteiger partial charge in [-0.1, -0.05) is 19.9 Å². The van der Waals surface area contributed by atoms with Gasteiger partial charge in [-0.15, -0.1) is 6.58 Å². The molecule has 1 aliphatic rings. The number of nitrogens with one attached hydrogen (secondary N) is 2. The minimum atomic E-state index is -0.350. The van der Waals surface area contributed by atoms with E-state index in [-0.39, 0.29) is 24.1 Å². The van der Waals surface area contributed by atoms with Gasteiger partial charge in [0.15, 0.2) is 0 Å². The first-order valence-electron chi connectivity index (χ1n) is 7.58. The van der Waals surface area contributed by atoms with E-state index in [9.17, 15) is 9.90 Å². The Labute approximate surface area is 122 Å². The van der Waals surface area contributed by atoms with Gasteiger partial charge < -0.3 is 15.7 Å². The minimum Gasteiger partial charge on any atom is -0.393 e. The van der Waals surface area contributed by atoms with Gasteiger partial charge in [0, 0.05) is 32.2 Å². The zero-order chi connectivity index (χ0) is 15.0. The van der Waals surface area contributed by atoms with E-state index in [0.717, 1.165) is 32.5 Å². The monoisotopic (exact) mass is 283 g/mol. The number of piperidine rings is 1. The molecular weight excluding hydrogens is 254 g/mol. The van der Waals surface area contributed by atoms with E-state index < -0.39 is 0 Å². The zero-order valence-electron chi connectivity index (χ0n) is 12.8. The highest BCUT2D eigenvalue weighted by molar-refractivity contribution is 5.74. The summed E-state index contributed by atoms with van der Waals surface area (Å²) in [6.07, 6.45) is 4.13. The molecule has 1 saturated heterocycles. The Bertz CT molecular complexity index is 299. The molecule has 20 heavy (non-hydrogen) atoms. The van der Waals surface area contributed by atoms with Crippen molar-refractivity contribution >= 4 is 6.03 Å². The molecule has 1 atom stereocenters. The Morgan fingerprint density at radius 2 is 2.10 bits per heavy atom. The first-order valence-corrected chi connectivity index (χ1v) is 7.58. The highest BCUT2D eigenvalue weighted by atomic mass is 16.3. The van der Waals surface area contributed by atoms with Crippen LogP contribution in [0.1, 0.15) is 33.1 Å². The highest BCUT2D eigenvalue weighted by Crippen LogP contribution is 2.09. The van der Waals surface area contributed by atoms with Crippen molar-refractivity contribution in [3.8, 4) is 0 Å². The second kappa shape index (κ2) is 8.97. The van der Waals surface area contributed by atoms with Gasteiger partial charge in [0.2, 0.25) is 0 Å². The van der Waals surface area contributed by atoms with Crippen molar-refractivity contribution < 1.29 is 9.90 Å². The summed E-state index contributed by atoms with van der Waals surface area (Å²) in [6.45, 7) is 11.1. The van der Waals surface area contributed by atoms with Crippen LogP contribution in [0.2, 0.25) is 0 Å². The van der Waals surface area contributed by atoms with Crippen molar-refractivity contribution in [1.82, 2.24) is 15.5 Å². The molecule has 0 saturated carbocycles. The van der Waals surface area contributed by atoms with Crippen LogP contribution in [-0.4, -0.2) is 54.4 Å². The number of aliphatic hydroxyl groups excluding tert-OH is 1. The number of aliphatic hydroxyl groups is 1. The molecule has 3 N–H and O–H groups in total. The molecule has 0 radical (unpaired) electrons. The van der Waals surface area contributed by atoms with Crippen molar-refractivity contribution in [3.05, 3.63) is 12.7 Å². The summed E-state index contributed by atoms with van der Waals surface area (Å²) in [5.74, 6) is 0.231. The third-order valence-electron chi connectivity index (χ3n) is 3.81. The molecule has 116 valence electrons. The summed E-state index contributed by atoms with van der Waals surface area (Å²) < 4.78 is 0. The summed E-state index contributed by atoms with van der Waals surface area (Å²) >= 11 is 0. The van der Waals surface area contributed by atoms with Crippen LogP contribution in [0, 0.1) is 5.92 Å². The van der Waals surface area contributed by atoms with E-state index in [1.54, 1.807) is 0 Å². The number of carbonyl (C=O) groups excluding carboxylic acids is 1. The SMILES string of the molecule is C=CCN1CCC(NC(=O)NCCC(O)C(C)C)CC1. The summed E-state index contributed by atoms with van der Waals surface area (Å²) in [5.41, 5.74) is 0. The molecule has 1 unspecified atom stereocenters. The van der Waals surface area contributed by atoms with E-state index >= 15 is 0 Å². The molecule has 1 fully saturated rings. The van der Waals surface area contributed by atoms with Crippen LogP contribution in [0.25, 0.3) is 0 Å². The largest absolute Gasteiger partial charge is 0.393 e. The summed E-state index contributed by atoms with van der Waals surface area (Å²) in [4.78, 5) is 14.1. The lowest BCUT2D eigenvalue weighted by atomic mass is 10.0. The molecule has 1 rings (SSSR count). The van der Waals surface area contributed by atoms with Crippen LogP contribution in [0.5, 0.6) is 0 Å².